The number of aliphatic hydroxyl groups is 1. The number of benzene rings is 1. The van der Waals surface area contributed by atoms with Gasteiger partial charge in [-0.05, 0) is 36.8 Å². The molecule has 2 saturated heterocycles. The van der Waals surface area contributed by atoms with Crippen molar-refractivity contribution in [3.63, 3.8) is 0 Å². The molecular formula is C34H39Cl2N7O5. The van der Waals surface area contributed by atoms with Gasteiger partial charge >= 0.3 is 0 Å². The van der Waals surface area contributed by atoms with Gasteiger partial charge in [0.15, 0.2) is 0 Å². The number of nitrogens with one attached hydrogen (secondary N) is 3. The largest absolute Gasteiger partial charge is 0.480 e. The summed E-state index contributed by atoms with van der Waals surface area (Å²) in [5, 5.41) is 20.9. The molecule has 0 unspecified atom stereocenters. The van der Waals surface area contributed by atoms with Gasteiger partial charge in [0.25, 0.3) is 0 Å². The summed E-state index contributed by atoms with van der Waals surface area (Å²) in [6.07, 6.45) is 8.38. The van der Waals surface area contributed by atoms with Crippen molar-refractivity contribution in [2.75, 3.05) is 34.0 Å². The van der Waals surface area contributed by atoms with Gasteiger partial charge in [-0.3, -0.25) is 14.8 Å². The molecule has 48 heavy (non-hydrogen) atoms. The van der Waals surface area contributed by atoms with Gasteiger partial charge in [0.2, 0.25) is 17.7 Å². The number of aromatic nitrogens is 4. The standard InChI is InChI=1S/C34H39Cl2N7O5/c1-46-33-27(14-37-13-19-9-10-30(45)41-19)39-15-25(42-33)22-7-3-5-20(31(22)35)21-6-4-8-23(32(21)36)26-16-40-28(34(43-26)47-2)17-38-24-11-12-48-18-29(24)44/h3,5-7,15-16,19,24,29,37-38,44H,4,8-14,17-18H2,1-2H3,(H,41,45)/t19-,24+,29+/m0/s1. The van der Waals surface area contributed by atoms with Crippen LogP contribution in [0.3, 0.4) is 0 Å². The number of carbonyl (C=O) groups excluding carboxylic acids is 1. The van der Waals surface area contributed by atoms with Gasteiger partial charge < -0.3 is 35.3 Å². The van der Waals surface area contributed by atoms with E-state index < -0.39 is 6.10 Å². The van der Waals surface area contributed by atoms with Crippen molar-refractivity contribution in [2.24, 2.45) is 0 Å². The van der Waals surface area contributed by atoms with Crippen LogP contribution in [-0.4, -0.2) is 83.1 Å². The zero-order valence-corrected chi connectivity index (χ0v) is 28.4. The van der Waals surface area contributed by atoms with Gasteiger partial charge in [-0.2, -0.15) is 0 Å². The normalized spacial score (nSPS) is 21.2. The number of nitrogens with zero attached hydrogens (tertiary/aromatic N) is 4. The van der Waals surface area contributed by atoms with E-state index in [1.807, 2.05) is 18.2 Å². The first-order valence-corrected chi connectivity index (χ1v) is 16.8. The Morgan fingerprint density at radius 2 is 1.73 bits per heavy atom. The van der Waals surface area contributed by atoms with E-state index in [4.69, 9.17) is 47.4 Å². The molecule has 0 spiro atoms. The minimum Gasteiger partial charge on any atom is -0.480 e. The number of ether oxygens (including phenoxy) is 3. The Morgan fingerprint density at radius 1 is 1.00 bits per heavy atom. The fraction of sp³-hybridized carbons (Fsp3) is 0.441. The number of carbonyl (C=O) groups is 1. The monoisotopic (exact) mass is 695 g/mol. The van der Waals surface area contributed by atoms with Crippen molar-refractivity contribution < 1.29 is 24.1 Å². The van der Waals surface area contributed by atoms with Crippen LogP contribution in [0, 0.1) is 0 Å². The molecule has 12 nitrogen and oxygen atoms in total. The fourth-order valence-electron chi connectivity index (χ4n) is 6.15. The third-order valence-electron chi connectivity index (χ3n) is 8.75. The Kier molecular flexibility index (Phi) is 11.2. The average Bonchev–Trinajstić information content (AvgIpc) is 3.53. The Bertz CT molecular complexity index is 1720. The maximum Gasteiger partial charge on any atom is 0.237 e. The van der Waals surface area contributed by atoms with E-state index in [0.717, 1.165) is 29.6 Å². The lowest BCUT2D eigenvalue weighted by Gasteiger charge is -2.28. The third kappa shape index (κ3) is 7.64. The minimum absolute atomic E-state index is 0.0832. The van der Waals surface area contributed by atoms with E-state index >= 15 is 0 Å². The molecule has 0 bridgehead atoms. The van der Waals surface area contributed by atoms with Crippen LogP contribution in [0.2, 0.25) is 5.02 Å². The van der Waals surface area contributed by atoms with Crippen molar-refractivity contribution in [3.8, 4) is 23.0 Å². The molecule has 3 aliphatic rings. The molecule has 2 aliphatic heterocycles. The number of hydrogen-bond donors (Lipinski definition) is 4. The molecule has 4 N–H and O–H groups in total. The first-order valence-electron chi connectivity index (χ1n) is 16.0. The Hall–Kier alpha value is -3.65. The van der Waals surface area contributed by atoms with E-state index in [1.165, 1.54) is 0 Å². The second-order valence-corrected chi connectivity index (χ2v) is 12.6. The molecule has 3 aromatic rings. The average molecular weight is 697 g/mol. The zero-order chi connectivity index (χ0) is 33.6. The summed E-state index contributed by atoms with van der Waals surface area (Å²) in [5.41, 5.74) is 5.58. The maximum atomic E-state index is 11.5. The fourth-order valence-corrected chi connectivity index (χ4v) is 6.85. The van der Waals surface area contributed by atoms with E-state index in [1.54, 1.807) is 26.6 Å². The molecule has 3 atom stereocenters. The van der Waals surface area contributed by atoms with Gasteiger partial charge in [0.1, 0.15) is 11.4 Å². The number of aliphatic hydroxyl groups excluding tert-OH is 1. The number of hydrogen-bond acceptors (Lipinski definition) is 11. The van der Waals surface area contributed by atoms with Crippen molar-refractivity contribution in [1.29, 1.82) is 0 Å². The molecule has 6 rings (SSSR count). The predicted molar refractivity (Wildman–Crippen MR) is 183 cm³/mol. The van der Waals surface area contributed by atoms with E-state index in [0.29, 0.717) is 102 Å². The van der Waals surface area contributed by atoms with Crippen LogP contribution in [0.15, 0.2) is 41.7 Å². The minimum atomic E-state index is -0.576. The van der Waals surface area contributed by atoms with Gasteiger partial charge in [-0.15, -0.1) is 0 Å². The van der Waals surface area contributed by atoms with Crippen LogP contribution < -0.4 is 25.4 Å². The molecule has 2 aromatic heterocycles. The summed E-state index contributed by atoms with van der Waals surface area (Å²) >= 11 is 14.1. The number of allylic oxidation sites excluding steroid dienone is 4. The Labute approximate surface area is 289 Å². The van der Waals surface area contributed by atoms with Crippen molar-refractivity contribution in [2.45, 2.75) is 63.4 Å². The van der Waals surface area contributed by atoms with Crippen LogP contribution in [-0.2, 0) is 22.6 Å². The summed E-state index contributed by atoms with van der Waals surface area (Å²) < 4.78 is 16.5. The van der Waals surface area contributed by atoms with Gasteiger partial charge in [-0.1, -0.05) is 47.5 Å². The molecule has 1 aromatic carbocycles. The quantitative estimate of drug-likeness (QED) is 0.217. The number of methoxy groups -OCH3 is 2. The summed E-state index contributed by atoms with van der Waals surface area (Å²) in [7, 11) is 3.12. The van der Waals surface area contributed by atoms with Gasteiger partial charge in [-0.25, -0.2) is 9.97 Å². The number of rotatable bonds is 12. The molecule has 254 valence electrons. The van der Waals surface area contributed by atoms with Crippen molar-refractivity contribution in [3.05, 3.63) is 69.4 Å². The highest BCUT2D eigenvalue weighted by atomic mass is 35.5. The smallest absolute Gasteiger partial charge is 0.237 e. The summed E-state index contributed by atoms with van der Waals surface area (Å²) in [6.45, 7) is 2.38. The van der Waals surface area contributed by atoms with Gasteiger partial charge in [0.05, 0.1) is 60.8 Å². The lowest BCUT2D eigenvalue weighted by Crippen LogP contribution is -2.46. The molecule has 0 radical (unpaired) electrons. The van der Waals surface area contributed by atoms with E-state index in [2.05, 4.69) is 32.0 Å². The number of halogens is 2. The molecule has 0 saturated carbocycles. The SMILES string of the molecule is COc1nc(C2=C(Cl)C(c3cccc(-c4cnc(CNC[C@@H]5CCC(=O)N5)c(OC)n4)c3Cl)=CCC2)cnc1CN[C@@H]1CCOC[C@H]1O. The molecule has 1 aliphatic carbocycles. The maximum absolute atomic E-state index is 11.5. The number of amides is 1. The van der Waals surface area contributed by atoms with Crippen LogP contribution in [0.25, 0.3) is 22.4 Å². The molecule has 14 heteroatoms. The Morgan fingerprint density at radius 3 is 2.46 bits per heavy atom. The first kappa shape index (κ1) is 34.2. The third-order valence-corrected chi connectivity index (χ3v) is 9.59. The predicted octanol–water partition coefficient (Wildman–Crippen LogP) is 4.04. The van der Waals surface area contributed by atoms with Crippen LogP contribution >= 0.6 is 23.2 Å². The highest BCUT2D eigenvalue weighted by Crippen LogP contribution is 2.43. The topological polar surface area (TPSA) is 153 Å². The molecule has 2 fully saturated rings. The van der Waals surface area contributed by atoms with E-state index in [-0.39, 0.29) is 18.0 Å². The van der Waals surface area contributed by atoms with Gasteiger partial charge in [0, 0.05) is 55.9 Å². The van der Waals surface area contributed by atoms with Crippen LogP contribution in [0.1, 0.15) is 54.7 Å². The first-order chi connectivity index (χ1) is 23.4. The zero-order valence-electron chi connectivity index (χ0n) is 26.9. The lowest BCUT2D eigenvalue weighted by atomic mass is 9.91. The van der Waals surface area contributed by atoms with E-state index in [9.17, 15) is 9.90 Å². The highest BCUT2D eigenvalue weighted by Gasteiger charge is 2.26. The summed E-state index contributed by atoms with van der Waals surface area (Å²) in [4.78, 5) is 30.3. The summed E-state index contributed by atoms with van der Waals surface area (Å²) in [6, 6.07) is 5.75. The Balaban J connectivity index is 1.20. The van der Waals surface area contributed by atoms with Crippen LogP contribution in [0.5, 0.6) is 11.8 Å². The molecule has 1 amide bonds. The van der Waals surface area contributed by atoms with Crippen molar-refractivity contribution >= 4 is 40.3 Å². The molecular weight excluding hydrogens is 657 g/mol. The lowest BCUT2D eigenvalue weighted by molar-refractivity contribution is -0.119. The molecule has 4 heterocycles. The van der Waals surface area contributed by atoms with Crippen molar-refractivity contribution in [1.82, 2.24) is 35.9 Å². The second kappa shape index (κ2) is 15.7. The highest BCUT2D eigenvalue weighted by molar-refractivity contribution is 6.42. The second-order valence-electron chi connectivity index (χ2n) is 11.9. The summed E-state index contributed by atoms with van der Waals surface area (Å²) in [5.74, 6) is 0.870. The van der Waals surface area contributed by atoms with Crippen LogP contribution in [0.4, 0.5) is 0 Å².